The number of nitrogens with zero attached hydrogens (tertiary/aromatic N) is 3. The Morgan fingerprint density at radius 2 is 1.73 bits per heavy atom. The largest absolute Gasteiger partial charge is 0.368 e. The fraction of sp³-hybridized carbons (Fsp3) is 0.235. The molecule has 1 fully saturated rings. The van der Waals surface area contributed by atoms with Crippen molar-refractivity contribution in [3.05, 3.63) is 63.6 Å². The van der Waals surface area contributed by atoms with Gasteiger partial charge in [0.15, 0.2) is 0 Å². The fourth-order valence-electron chi connectivity index (χ4n) is 2.46. The maximum absolute atomic E-state index is 5.94. The molecule has 3 nitrogen and oxygen atoms in total. The third-order valence-electron chi connectivity index (χ3n) is 3.67. The molecule has 0 amide bonds. The number of piperazine rings is 1. The highest BCUT2D eigenvalue weighted by atomic mass is 79.9. The summed E-state index contributed by atoms with van der Waals surface area (Å²) in [6, 6.07) is 16.2. The molecule has 0 saturated carbocycles. The van der Waals surface area contributed by atoms with Crippen LogP contribution in [0.5, 0.6) is 0 Å². The molecule has 2 aromatic carbocycles. The molecule has 0 bridgehead atoms. The smallest absolute Gasteiger partial charge is 0.0543 e. The van der Waals surface area contributed by atoms with Crippen LogP contribution in [-0.2, 0) is 0 Å². The van der Waals surface area contributed by atoms with E-state index in [2.05, 4.69) is 55.2 Å². The summed E-state index contributed by atoms with van der Waals surface area (Å²) in [5.41, 5.74) is 2.33. The molecule has 0 radical (unpaired) electrons. The Labute approximate surface area is 144 Å². The molecule has 1 aliphatic heterocycles. The Morgan fingerprint density at radius 3 is 2.41 bits per heavy atom. The van der Waals surface area contributed by atoms with Gasteiger partial charge in [0.05, 0.1) is 19.3 Å². The Hall–Kier alpha value is -1.52. The van der Waals surface area contributed by atoms with Crippen LogP contribution in [0.3, 0.4) is 0 Å². The van der Waals surface area contributed by atoms with Crippen molar-refractivity contribution in [2.24, 2.45) is 5.10 Å². The topological polar surface area (TPSA) is 18.8 Å². The van der Waals surface area contributed by atoms with E-state index in [1.165, 1.54) is 5.69 Å². The SMILES string of the molecule is Clc1ccc(N2CCN(/N=C\c3cccc(Br)c3)CC2)cc1. The summed E-state index contributed by atoms with van der Waals surface area (Å²) >= 11 is 9.41. The minimum Gasteiger partial charge on any atom is -0.368 e. The van der Waals surface area contributed by atoms with Gasteiger partial charge in [-0.05, 0) is 42.0 Å². The van der Waals surface area contributed by atoms with Crippen molar-refractivity contribution in [1.82, 2.24) is 5.01 Å². The predicted molar refractivity (Wildman–Crippen MR) is 97.0 cm³/mol. The lowest BCUT2D eigenvalue weighted by molar-refractivity contribution is 0.272. The summed E-state index contributed by atoms with van der Waals surface area (Å²) in [5.74, 6) is 0. The monoisotopic (exact) mass is 377 g/mol. The average Bonchev–Trinajstić information content (AvgIpc) is 2.54. The molecule has 5 heteroatoms. The third kappa shape index (κ3) is 4.02. The highest BCUT2D eigenvalue weighted by Crippen LogP contribution is 2.19. The first-order chi connectivity index (χ1) is 10.7. The Kier molecular flexibility index (Phi) is 5.01. The molecule has 114 valence electrons. The van der Waals surface area contributed by atoms with E-state index in [-0.39, 0.29) is 0 Å². The lowest BCUT2D eigenvalue weighted by Crippen LogP contribution is -2.44. The zero-order valence-electron chi connectivity index (χ0n) is 12.1. The molecule has 0 aromatic heterocycles. The Morgan fingerprint density at radius 1 is 1.00 bits per heavy atom. The summed E-state index contributed by atoms with van der Waals surface area (Å²) in [7, 11) is 0. The number of anilines is 1. The number of hydrogen-bond donors (Lipinski definition) is 0. The molecule has 1 heterocycles. The number of hydrogen-bond acceptors (Lipinski definition) is 3. The van der Waals surface area contributed by atoms with Crippen molar-refractivity contribution in [2.75, 3.05) is 31.1 Å². The van der Waals surface area contributed by atoms with Gasteiger partial charge in [-0.15, -0.1) is 0 Å². The van der Waals surface area contributed by atoms with Crippen LogP contribution in [0.25, 0.3) is 0 Å². The molecule has 3 rings (SSSR count). The third-order valence-corrected chi connectivity index (χ3v) is 4.41. The number of rotatable bonds is 3. The van der Waals surface area contributed by atoms with Crippen LogP contribution in [-0.4, -0.2) is 37.4 Å². The standard InChI is InChI=1S/C17H17BrClN3/c18-15-3-1-2-14(12-15)13-20-22-10-8-21(9-11-22)17-6-4-16(19)5-7-17/h1-7,12-13H,8-11H2/b20-13-. The first-order valence-electron chi connectivity index (χ1n) is 7.26. The van der Waals surface area contributed by atoms with Crippen LogP contribution in [0.4, 0.5) is 5.69 Å². The molecule has 1 saturated heterocycles. The molecule has 0 N–H and O–H groups in total. The molecule has 1 aliphatic rings. The van der Waals surface area contributed by atoms with Gasteiger partial charge < -0.3 is 4.90 Å². The Bertz CT molecular complexity index is 649. The maximum Gasteiger partial charge on any atom is 0.0543 e. The summed E-state index contributed by atoms with van der Waals surface area (Å²) in [6.45, 7) is 3.79. The second-order valence-electron chi connectivity index (χ2n) is 5.22. The Balaban J connectivity index is 1.56. The fourth-order valence-corrected chi connectivity index (χ4v) is 3.00. The summed E-state index contributed by atoms with van der Waals surface area (Å²) < 4.78 is 1.07. The lowest BCUT2D eigenvalue weighted by atomic mass is 10.2. The van der Waals surface area contributed by atoms with Gasteiger partial charge in [0, 0.05) is 28.3 Å². The van der Waals surface area contributed by atoms with Crippen molar-refractivity contribution in [1.29, 1.82) is 0 Å². The van der Waals surface area contributed by atoms with Crippen molar-refractivity contribution >= 4 is 39.4 Å². The van der Waals surface area contributed by atoms with E-state index < -0.39 is 0 Å². The van der Waals surface area contributed by atoms with E-state index >= 15 is 0 Å². The maximum atomic E-state index is 5.94. The molecular formula is C17H17BrClN3. The minimum absolute atomic E-state index is 0.779. The van der Waals surface area contributed by atoms with Gasteiger partial charge in [-0.1, -0.05) is 39.7 Å². The van der Waals surface area contributed by atoms with Crippen molar-refractivity contribution in [3.63, 3.8) is 0 Å². The molecule has 0 unspecified atom stereocenters. The van der Waals surface area contributed by atoms with Gasteiger partial charge in [-0.2, -0.15) is 5.10 Å². The molecular weight excluding hydrogens is 362 g/mol. The zero-order valence-corrected chi connectivity index (χ0v) is 14.5. The lowest BCUT2D eigenvalue weighted by Gasteiger charge is -2.34. The molecule has 0 atom stereocenters. The highest BCUT2D eigenvalue weighted by Gasteiger charge is 2.15. The second kappa shape index (κ2) is 7.16. The zero-order chi connectivity index (χ0) is 15.4. The molecule has 2 aromatic rings. The summed E-state index contributed by atoms with van der Waals surface area (Å²) in [6.07, 6.45) is 1.92. The highest BCUT2D eigenvalue weighted by molar-refractivity contribution is 9.10. The van der Waals surface area contributed by atoms with E-state index in [0.29, 0.717) is 0 Å². The summed E-state index contributed by atoms with van der Waals surface area (Å²) in [4.78, 5) is 2.36. The van der Waals surface area contributed by atoms with Crippen LogP contribution in [0.2, 0.25) is 5.02 Å². The van der Waals surface area contributed by atoms with Gasteiger partial charge >= 0.3 is 0 Å². The van der Waals surface area contributed by atoms with E-state index in [4.69, 9.17) is 11.6 Å². The first-order valence-corrected chi connectivity index (χ1v) is 8.43. The van der Waals surface area contributed by atoms with Crippen molar-refractivity contribution in [3.8, 4) is 0 Å². The van der Waals surface area contributed by atoms with Crippen LogP contribution in [0, 0.1) is 0 Å². The predicted octanol–water partition coefficient (Wildman–Crippen LogP) is 4.26. The molecule has 0 aliphatic carbocycles. The van der Waals surface area contributed by atoms with E-state index in [9.17, 15) is 0 Å². The van der Waals surface area contributed by atoms with E-state index in [1.54, 1.807) is 0 Å². The average molecular weight is 379 g/mol. The van der Waals surface area contributed by atoms with Crippen LogP contribution >= 0.6 is 27.5 Å². The quantitative estimate of drug-likeness (QED) is 0.743. The first kappa shape index (κ1) is 15.4. The van der Waals surface area contributed by atoms with Crippen LogP contribution in [0.1, 0.15) is 5.56 Å². The van der Waals surface area contributed by atoms with Gasteiger partial charge in [0.1, 0.15) is 0 Å². The van der Waals surface area contributed by atoms with Crippen molar-refractivity contribution in [2.45, 2.75) is 0 Å². The number of benzene rings is 2. The van der Waals surface area contributed by atoms with Gasteiger partial charge in [-0.25, -0.2) is 0 Å². The van der Waals surface area contributed by atoms with Gasteiger partial charge in [-0.3, -0.25) is 5.01 Å². The van der Waals surface area contributed by atoms with Crippen LogP contribution < -0.4 is 4.90 Å². The van der Waals surface area contributed by atoms with Gasteiger partial charge in [0.2, 0.25) is 0 Å². The van der Waals surface area contributed by atoms with E-state index in [0.717, 1.165) is 41.2 Å². The summed E-state index contributed by atoms with van der Waals surface area (Å²) in [5, 5.41) is 7.47. The van der Waals surface area contributed by atoms with E-state index in [1.807, 2.05) is 30.5 Å². The number of halogens is 2. The number of hydrazone groups is 1. The molecule has 0 spiro atoms. The molecule has 22 heavy (non-hydrogen) atoms. The van der Waals surface area contributed by atoms with Crippen molar-refractivity contribution < 1.29 is 0 Å². The van der Waals surface area contributed by atoms with Crippen LogP contribution in [0.15, 0.2) is 58.1 Å². The minimum atomic E-state index is 0.779. The van der Waals surface area contributed by atoms with Gasteiger partial charge in [0.25, 0.3) is 0 Å². The second-order valence-corrected chi connectivity index (χ2v) is 6.57. The normalized spacial score (nSPS) is 15.5.